The summed E-state index contributed by atoms with van der Waals surface area (Å²) in [5, 5.41) is 17.1. The Balaban J connectivity index is 1.41. The minimum absolute atomic E-state index is 0.0149. The van der Waals surface area contributed by atoms with Crippen molar-refractivity contribution >= 4 is 46.1 Å². The molecule has 0 spiro atoms. The molecule has 5 rings (SSSR count). The molecule has 0 aliphatic rings. The highest BCUT2D eigenvalue weighted by molar-refractivity contribution is 7.47. The lowest BCUT2D eigenvalue weighted by Crippen LogP contribution is -2.22. The fraction of sp³-hybridized carbons (Fsp3) is 0.0417. The quantitative estimate of drug-likeness (QED) is 0.311. The largest absolute Gasteiger partial charge is 0.545 e. The van der Waals surface area contributed by atoms with Crippen LogP contribution in [0.2, 0.25) is 0 Å². The number of carbonyl (C=O) groups is 1. The van der Waals surface area contributed by atoms with Crippen molar-refractivity contribution in [2.45, 2.75) is 6.61 Å². The Morgan fingerprint density at radius 3 is 1.97 bits per heavy atom. The number of hydrogen-bond acceptors (Lipinski definition) is 5. The molecular formula is C24H16O6P-. The van der Waals surface area contributed by atoms with E-state index in [-0.39, 0.29) is 17.9 Å². The van der Waals surface area contributed by atoms with Gasteiger partial charge >= 0.3 is 7.82 Å². The molecule has 0 aliphatic heterocycles. The molecule has 0 heterocycles. The van der Waals surface area contributed by atoms with Gasteiger partial charge in [0.15, 0.2) is 0 Å². The Hall–Kier alpha value is -3.44. The predicted molar refractivity (Wildman–Crippen MR) is 116 cm³/mol. The van der Waals surface area contributed by atoms with Crippen molar-refractivity contribution in [3.63, 3.8) is 0 Å². The first-order valence-electron chi connectivity index (χ1n) is 9.54. The third-order valence-electron chi connectivity index (χ3n) is 5.24. The summed E-state index contributed by atoms with van der Waals surface area (Å²) in [7, 11) is -4.40. The van der Waals surface area contributed by atoms with E-state index in [0.717, 1.165) is 32.3 Å². The van der Waals surface area contributed by atoms with Crippen LogP contribution in [0.1, 0.15) is 15.9 Å². The molecule has 31 heavy (non-hydrogen) atoms. The molecular weight excluding hydrogens is 415 g/mol. The van der Waals surface area contributed by atoms with E-state index in [0.29, 0.717) is 5.56 Å². The van der Waals surface area contributed by atoms with Gasteiger partial charge in [-0.15, -0.1) is 0 Å². The summed E-state index contributed by atoms with van der Waals surface area (Å²) in [5.74, 6) is -1.07. The minimum atomic E-state index is -4.40. The van der Waals surface area contributed by atoms with E-state index in [1.54, 1.807) is 12.1 Å². The first-order chi connectivity index (χ1) is 14.9. The molecule has 0 saturated heterocycles. The first kappa shape index (κ1) is 19.5. The molecule has 7 heteroatoms. The SMILES string of the molecule is O=C([O-])c1ccc(COP(=O)(O)Oc2cc3ccc4cccc5ccc(c2)c3c45)cc1. The summed E-state index contributed by atoms with van der Waals surface area (Å²) in [4.78, 5) is 21.0. The van der Waals surface area contributed by atoms with Crippen LogP contribution in [-0.2, 0) is 15.7 Å². The van der Waals surface area contributed by atoms with Gasteiger partial charge in [0, 0.05) is 0 Å². The van der Waals surface area contributed by atoms with Gasteiger partial charge in [-0.25, -0.2) is 4.57 Å². The smallest absolute Gasteiger partial charge is 0.527 e. The van der Waals surface area contributed by atoms with Gasteiger partial charge in [-0.05, 0) is 55.6 Å². The Kier molecular flexibility index (Phi) is 4.63. The van der Waals surface area contributed by atoms with Crippen LogP contribution < -0.4 is 9.63 Å². The van der Waals surface area contributed by atoms with Crippen molar-refractivity contribution < 1.29 is 28.4 Å². The van der Waals surface area contributed by atoms with E-state index >= 15 is 0 Å². The zero-order valence-electron chi connectivity index (χ0n) is 16.1. The van der Waals surface area contributed by atoms with Gasteiger partial charge in [-0.3, -0.25) is 9.42 Å². The number of phosphoric acid groups is 1. The molecule has 0 bridgehead atoms. The second-order valence-electron chi connectivity index (χ2n) is 7.27. The van der Waals surface area contributed by atoms with E-state index in [4.69, 9.17) is 9.05 Å². The van der Waals surface area contributed by atoms with E-state index in [1.165, 1.54) is 24.3 Å². The minimum Gasteiger partial charge on any atom is -0.545 e. The molecule has 1 unspecified atom stereocenters. The molecule has 1 atom stereocenters. The Morgan fingerprint density at radius 2 is 1.39 bits per heavy atom. The molecule has 0 amide bonds. The van der Waals surface area contributed by atoms with Crippen LogP contribution in [-0.4, -0.2) is 10.9 Å². The third kappa shape index (κ3) is 3.73. The third-order valence-corrected chi connectivity index (χ3v) is 6.14. The summed E-state index contributed by atoms with van der Waals surface area (Å²) < 4.78 is 22.9. The molecule has 0 aliphatic carbocycles. The van der Waals surface area contributed by atoms with E-state index in [1.807, 2.05) is 30.3 Å². The highest BCUT2D eigenvalue weighted by Crippen LogP contribution is 2.46. The topological polar surface area (TPSA) is 95.9 Å². The highest BCUT2D eigenvalue weighted by Gasteiger charge is 2.24. The number of carboxylic acid groups (broad SMARTS) is 1. The lowest BCUT2D eigenvalue weighted by atomic mass is 9.94. The summed E-state index contributed by atoms with van der Waals surface area (Å²) in [5.41, 5.74) is 0.541. The van der Waals surface area contributed by atoms with Crippen molar-refractivity contribution in [1.82, 2.24) is 0 Å². The predicted octanol–water partition coefficient (Wildman–Crippen LogP) is 4.64. The molecule has 0 fully saturated rings. The monoisotopic (exact) mass is 431 g/mol. The lowest BCUT2D eigenvalue weighted by molar-refractivity contribution is -0.255. The van der Waals surface area contributed by atoms with Crippen molar-refractivity contribution in [2.75, 3.05) is 0 Å². The highest BCUT2D eigenvalue weighted by atomic mass is 31.2. The molecule has 5 aromatic rings. The maximum atomic E-state index is 12.5. The van der Waals surface area contributed by atoms with Gasteiger partial charge in [-0.1, -0.05) is 66.7 Å². The van der Waals surface area contributed by atoms with Gasteiger partial charge < -0.3 is 14.4 Å². The van der Waals surface area contributed by atoms with Crippen molar-refractivity contribution in [3.8, 4) is 5.75 Å². The van der Waals surface area contributed by atoms with Crippen molar-refractivity contribution in [1.29, 1.82) is 0 Å². The normalized spacial score (nSPS) is 13.6. The van der Waals surface area contributed by atoms with Crippen LogP contribution in [0.4, 0.5) is 0 Å². The fourth-order valence-electron chi connectivity index (χ4n) is 3.83. The maximum Gasteiger partial charge on any atom is 0.527 e. The number of carboxylic acids is 1. The number of aromatic carboxylic acids is 1. The summed E-state index contributed by atoms with van der Waals surface area (Å²) >= 11 is 0. The standard InChI is InChI=1S/C24H17O6P/c25-24(26)18-6-4-15(5-7-18)14-29-31(27,28)30-21-12-19-10-8-16-2-1-3-17-9-11-20(13-21)23(19)22(16)17/h1-13H,14H2,(H,25,26)(H,27,28)/p-1. The van der Waals surface area contributed by atoms with Gasteiger partial charge in [-0.2, -0.15) is 0 Å². The van der Waals surface area contributed by atoms with Crippen LogP contribution in [0.25, 0.3) is 32.3 Å². The van der Waals surface area contributed by atoms with E-state index < -0.39 is 13.8 Å². The van der Waals surface area contributed by atoms with Gasteiger partial charge in [0.2, 0.25) is 0 Å². The van der Waals surface area contributed by atoms with E-state index in [9.17, 15) is 19.4 Å². The number of benzene rings is 5. The molecule has 0 aromatic heterocycles. The molecule has 5 aromatic carbocycles. The molecule has 154 valence electrons. The van der Waals surface area contributed by atoms with Crippen LogP contribution in [0.15, 0.2) is 78.9 Å². The van der Waals surface area contributed by atoms with Gasteiger partial charge in [0.1, 0.15) is 5.75 Å². The zero-order chi connectivity index (χ0) is 21.6. The molecule has 6 nitrogen and oxygen atoms in total. The lowest BCUT2D eigenvalue weighted by Gasteiger charge is -2.16. The maximum absolute atomic E-state index is 12.5. The second-order valence-corrected chi connectivity index (χ2v) is 8.65. The van der Waals surface area contributed by atoms with Crippen molar-refractivity contribution in [3.05, 3.63) is 90.0 Å². The van der Waals surface area contributed by atoms with Crippen LogP contribution >= 0.6 is 7.82 Å². The Labute approximate surface area is 177 Å². The summed E-state index contributed by atoms with van der Waals surface area (Å²) in [6.45, 7) is -0.213. The number of carbonyl (C=O) groups excluding carboxylic acids is 1. The number of hydrogen-bond donors (Lipinski definition) is 1. The molecule has 0 saturated carbocycles. The summed E-state index contributed by atoms with van der Waals surface area (Å²) in [6, 6.07) is 23.2. The van der Waals surface area contributed by atoms with Gasteiger partial charge in [0.05, 0.1) is 12.6 Å². The van der Waals surface area contributed by atoms with Crippen molar-refractivity contribution in [2.24, 2.45) is 0 Å². The van der Waals surface area contributed by atoms with Gasteiger partial charge in [0.25, 0.3) is 0 Å². The molecule has 0 radical (unpaired) electrons. The van der Waals surface area contributed by atoms with Crippen LogP contribution in [0.3, 0.4) is 0 Å². The Bertz CT molecular complexity index is 1410. The summed E-state index contributed by atoms with van der Waals surface area (Å²) in [6.07, 6.45) is 0. The zero-order valence-corrected chi connectivity index (χ0v) is 17.0. The van der Waals surface area contributed by atoms with Crippen LogP contribution in [0.5, 0.6) is 5.75 Å². The second kappa shape index (κ2) is 7.36. The average Bonchev–Trinajstić information content (AvgIpc) is 2.76. The Morgan fingerprint density at radius 1 is 0.839 bits per heavy atom. The van der Waals surface area contributed by atoms with E-state index in [2.05, 4.69) is 12.1 Å². The van der Waals surface area contributed by atoms with Crippen LogP contribution in [0, 0.1) is 0 Å². The molecule has 1 N–H and O–H groups in total. The fourth-order valence-corrected chi connectivity index (χ4v) is 4.57. The number of phosphoric ester groups is 1. The number of rotatable bonds is 6. The average molecular weight is 431 g/mol. The first-order valence-corrected chi connectivity index (χ1v) is 11.0.